The number of thiazole rings is 1. The first-order valence-corrected chi connectivity index (χ1v) is 7.09. The maximum atomic E-state index is 11.4. The molecule has 0 aromatic carbocycles. The average Bonchev–Trinajstić information content (AvgIpc) is 2.93. The minimum absolute atomic E-state index is 0.181. The van der Waals surface area contributed by atoms with E-state index in [-0.39, 0.29) is 11.5 Å². The Bertz CT molecular complexity index is 613. The third-order valence-corrected chi connectivity index (χ3v) is 4.12. The summed E-state index contributed by atoms with van der Waals surface area (Å²) in [6, 6.07) is 0. The quantitative estimate of drug-likeness (QED) is 0.880. The summed E-state index contributed by atoms with van der Waals surface area (Å²) in [4.78, 5) is 15.6. The summed E-state index contributed by atoms with van der Waals surface area (Å²) < 4.78 is 0. The summed E-state index contributed by atoms with van der Waals surface area (Å²) in [5.41, 5.74) is 1.45. The lowest BCUT2D eigenvalue weighted by Crippen LogP contribution is -2.16. The highest BCUT2D eigenvalue weighted by Crippen LogP contribution is 2.21. The third-order valence-electron chi connectivity index (χ3n) is 3.12. The highest BCUT2D eigenvalue weighted by Gasteiger charge is 2.18. The first kappa shape index (κ1) is 14.4. The van der Waals surface area contributed by atoms with Gasteiger partial charge < -0.3 is 10.4 Å². The van der Waals surface area contributed by atoms with Crippen molar-refractivity contribution in [1.82, 2.24) is 15.2 Å². The van der Waals surface area contributed by atoms with Gasteiger partial charge in [0, 0.05) is 24.0 Å². The molecule has 0 saturated carbocycles. The molecule has 1 unspecified atom stereocenters. The number of carboxylic acids is 1. The lowest BCUT2D eigenvalue weighted by molar-refractivity contribution is 0.0696. The lowest BCUT2D eigenvalue weighted by Gasteiger charge is -2.13. The van der Waals surface area contributed by atoms with Crippen molar-refractivity contribution in [3.05, 3.63) is 33.4 Å². The van der Waals surface area contributed by atoms with Gasteiger partial charge in [-0.15, -0.1) is 16.4 Å². The van der Waals surface area contributed by atoms with E-state index in [2.05, 4.69) is 20.5 Å². The molecule has 0 aliphatic carbocycles. The molecule has 0 saturated heterocycles. The van der Waals surface area contributed by atoms with Gasteiger partial charge in [0.25, 0.3) is 0 Å². The van der Waals surface area contributed by atoms with E-state index < -0.39 is 5.97 Å². The zero-order valence-corrected chi connectivity index (χ0v) is 12.4. The number of aromatic nitrogens is 3. The number of hydrogen-bond donors (Lipinski definition) is 2. The van der Waals surface area contributed by atoms with Gasteiger partial charge in [-0.3, -0.25) is 0 Å². The van der Waals surface area contributed by atoms with E-state index in [0.29, 0.717) is 23.6 Å². The molecule has 0 bridgehead atoms. The number of nitrogens with one attached hydrogen (secondary N) is 1. The van der Waals surface area contributed by atoms with E-state index in [0.717, 1.165) is 5.01 Å². The van der Waals surface area contributed by atoms with Crippen molar-refractivity contribution in [2.24, 2.45) is 0 Å². The molecule has 2 rings (SSSR count). The van der Waals surface area contributed by atoms with Crippen LogP contribution in [0.4, 0.5) is 5.82 Å². The Morgan fingerprint density at radius 1 is 1.45 bits per heavy atom. The van der Waals surface area contributed by atoms with Crippen LogP contribution in [0.1, 0.15) is 39.5 Å². The van der Waals surface area contributed by atoms with Crippen LogP contribution in [-0.2, 0) is 0 Å². The van der Waals surface area contributed by atoms with E-state index in [4.69, 9.17) is 0 Å². The normalized spacial score (nSPS) is 12.2. The van der Waals surface area contributed by atoms with Gasteiger partial charge in [0.15, 0.2) is 5.82 Å². The molecule has 7 heteroatoms. The van der Waals surface area contributed by atoms with E-state index >= 15 is 0 Å². The van der Waals surface area contributed by atoms with E-state index in [9.17, 15) is 9.90 Å². The molecule has 0 amide bonds. The molecule has 1 atom stereocenters. The van der Waals surface area contributed by atoms with Crippen molar-refractivity contribution in [1.29, 1.82) is 0 Å². The zero-order chi connectivity index (χ0) is 14.7. The first-order chi connectivity index (χ1) is 9.50. The molecule has 6 nitrogen and oxygen atoms in total. The predicted molar refractivity (Wildman–Crippen MR) is 77.5 cm³/mol. The number of aromatic carboxylic acids is 1. The largest absolute Gasteiger partial charge is 0.478 e. The van der Waals surface area contributed by atoms with Crippen LogP contribution in [0.3, 0.4) is 0 Å². The molecule has 0 spiro atoms. The maximum absolute atomic E-state index is 11.4. The van der Waals surface area contributed by atoms with Gasteiger partial charge in [-0.1, -0.05) is 6.92 Å². The monoisotopic (exact) mass is 292 g/mol. The fourth-order valence-electron chi connectivity index (χ4n) is 1.81. The summed E-state index contributed by atoms with van der Waals surface area (Å²) in [7, 11) is 0. The summed E-state index contributed by atoms with van der Waals surface area (Å²) in [5, 5.41) is 23.2. The van der Waals surface area contributed by atoms with E-state index in [1.807, 2.05) is 12.3 Å². The number of carbonyl (C=O) groups is 1. The molecule has 2 aromatic rings. The number of hydrogen-bond acceptors (Lipinski definition) is 6. The Hall–Kier alpha value is -2.02. The van der Waals surface area contributed by atoms with Crippen LogP contribution in [0.5, 0.6) is 0 Å². The Morgan fingerprint density at radius 2 is 2.20 bits per heavy atom. The molecule has 2 N–H and O–H groups in total. The molecular weight excluding hydrogens is 276 g/mol. The molecule has 106 valence electrons. The predicted octanol–water partition coefficient (Wildman–Crippen LogP) is 2.46. The van der Waals surface area contributed by atoms with Crippen molar-refractivity contribution in [2.45, 2.75) is 26.7 Å². The van der Waals surface area contributed by atoms with Crippen LogP contribution in [-0.4, -0.2) is 32.8 Å². The molecule has 0 fully saturated rings. The van der Waals surface area contributed by atoms with Gasteiger partial charge in [-0.25, -0.2) is 9.78 Å². The Morgan fingerprint density at radius 3 is 2.80 bits per heavy atom. The van der Waals surface area contributed by atoms with Crippen LogP contribution in [0.15, 0.2) is 11.6 Å². The summed E-state index contributed by atoms with van der Waals surface area (Å²) >= 11 is 1.58. The second-order valence-corrected chi connectivity index (χ2v) is 5.52. The molecule has 20 heavy (non-hydrogen) atoms. The maximum Gasteiger partial charge on any atom is 0.339 e. The van der Waals surface area contributed by atoms with Gasteiger partial charge >= 0.3 is 5.97 Å². The fourth-order valence-corrected chi connectivity index (χ4v) is 2.51. The minimum Gasteiger partial charge on any atom is -0.478 e. The number of carboxylic acid groups (broad SMARTS) is 1. The summed E-state index contributed by atoms with van der Waals surface area (Å²) in [6.07, 6.45) is 1.76. The topological polar surface area (TPSA) is 88.0 Å². The van der Waals surface area contributed by atoms with Gasteiger partial charge in [-0.05, 0) is 19.4 Å². The smallest absolute Gasteiger partial charge is 0.339 e. The SMILES string of the molecule is Cc1nnc(NCC(C)c2nccs2)c(C(=O)O)c1C. The number of aryl methyl sites for hydroxylation is 1. The van der Waals surface area contributed by atoms with Crippen LogP contribution in [0.25, 0.3) is 0 Å². The van der Waals surface area contributed by atoms with Crippen LogP contribution < -0.4 is 5.32 Å². The molecular formula is C13H16N4O2S. The van der Waals surface area contributed by atoms with Gasteiger partial charge in [0.05, 0.1) is 10.7 Å². The van der Waals surface area contributed by atoms with Crippen molar-refractivity contribution in [2.75, 3.05) is 11.9 Å². The second-order valence-electron chi connectivity index (χ2n) is 4.59. The Balaban J connectivity index is 2.18. The Labute approximate surface area is 120 Å². The zero-order valence-electron chi connectivity index (χ0n) is 11.5. The van der Waals surface area contributed by atoms with Crippen molar-refractivity contribution >= 4 is 23.1 Å². The fraction of sp³-hybridized carbons (Fsp3) is 0.385. The number of nitrogens with zero attached hydrogens (tertiary/aromatic N) is 3. The van der Waals surface area contributed by atoms with Crippen LogP contribution in [0, 0.1) is 13.8 Å². The standard InChI is InChI=1S/C13H16N4O2S/c1-7(12-14-4-5-20-12)6-15-11-10(13(18)19)8(2)9(3)16-17-11/h4-5,7H,6H2,1-3H3,(H,15,17)(H,18,19). The molecule has 2 heterocycles. The minimum atomic E-state index is -0.995. The lowest BCUT2D eigenvalue weighted by atomic mass is 10.1. The summed E-state index contributed by atoms with van der Waals surface area (Å²) in [5.74, 6) is -0.506. The van der Waals surface area contributed by atoms with Crippen molar-refractivity contribution < 1.29 is 9.90 Å². The van der Waals surface area contributed by atoms with Crippen molar-refractivity contribution in [3.63, 3.8) is 0 Å². The van der Waals surface area contributed by atoms with Crippen molar-refractivity contribution in [3.8, 4) is 0 Å². The van der Waals surface area contributed by atoms with Crippen LogP contribution in [0.2, 0.25) is 0 Å². The first-order valence-electron chi connectivity index (χ1n) is 6.21. The summed E-state index contributed by atoms with van der Waals surface area (Å²) in [6.45, 7) is 6.07. The second kappa shape index (κ2) is 5.96. The molecule has 2 aromatic heterocycles. The highest BCUT2D eigenvalue weighted by atomic mass is 32.1. The molecule has 0 aliphatic rings. The molecule has 0 radical (unpaired) electrons. The van der Waals surface area contributed by atoms with E-state index in [1.165, 1.54) is 0 Å². The highest BCUT2D eigenvalue weighted by molar-refractivity contribution is 7.09. The third kappa shape index (κ3) is 2.93. The average molecular weight is 292 g/mol. The van der Waals surface area contributed by atoms with Gasteiger partial charge in [-0.2, -0.15) is 5.10 Å². The van der Waals surface area contributed by atoms with E-state index in [1.54, 1.807) is 31.4 Å². The van der Waals surface area contributed by atoms with Gasteiger partial charge in [0.2, 0.25) is 0 Å². The number of rotatable bonds is 5. The molecule has 0 aliphatic heterocycles. The Kier molecular flexibility index (Phi) is 4.29. The van der Waals surface area contributed by atoms with Crippen LogP contribution >= 0.6 is 11.3 Å². The number of anilines is 1. The van der Waals surface area contributed by atoms with Gasteiger partial charge in [0.1, 0.15) is 5.56 Å².